The first-order chi connectivity index (χ1) is 8.29. The lowest BCUT2D eigenvalue weighted by molar-refractivity contribution is -0.150. The first-order valence-corrected chi connectivity index (χ1v) is 6.23. The van der Waals surface area contributed by atoms with Crippen LogP contribution in [0.15, 0.2) is 30.3 Å². The number of rotatable bonds is 4. The van der Waals surface area contributed by atoms with E-state index in [2.05, 4.69) is 5.32 Å². The predicted octanol–water partition coefficient (Wildman–Crippen LogP) is 1.87. The highest BCUT2D eigenvalue weighted by Crippen LogP contribution is 2.29. The van der Waals surface area contributed by atoms with Crippen LogP contribution in [0.3, 0.4) is 0 Å². The van der Waals surface area contributed by atoms with Gasteiger partial charge in [-0.15, -0.1) is 0 Å². The minimum Gasteiger partial charge on any atom is -0.360 e. The fraction of sp³-hybridized carbons (Fsp3) is 0.500. The molecule has 2 rings (SSSR count). The molecule has 0 aliphatic carbocycles. The first kappa shape index (κ1) is 12.3. The molecule has 1 aromatic carbocycles. The molecule has 0 aromatic heterocycles. The van der Waals surface area contributed by atoms with E-state index in [4.69, 9.17) is 4.74 Å². The predicted molar refractivity (Wildman–Crippen MR) is 66.9 cm³/mol. The van der Waals surface area contributed by atoms with Crippen molar-refractivity contribution in [1.82, 2.24) is 5.32 Å². The van der Waals surface area contributed by atoms with Gasteiger partial charge in [-0.25, -0.2) is 0 Å². The van der Waals surface area contributed by atoms with Crippen molar-refractivity contribution in [3.63, 3.8) is 0 Å². The van der Waals surface area contributed by atoms with Gasteiger partial charge >= 0.3 is 0 Å². The maximum absolute atomic E-state index is 12.4. The van der Waals surface area contributed by atoms with Crippen molar-refractivity contribution in [1.29, 1.82) is 0 Å². The number of ketones is 1. The van der Waals surface area contributed by atoms with Crippen molar-refractivity contribution in [2.24, 2.45) is 0 Å². The van der Waals surface area contributed by atoms with Crippen LogP contribution in [0.4, 0.5) is 0 Å². The quantitative estimate of drug-likeness (QED) is 0.862. The summed E-state index contributed by atoms with van der Waals surface area (Å²) in [6, 6.07) is 9.81. The fourth-order valence-corrected chi connectivity index (χ4v) is 2.27. The molecular weight excluding hydrogens is 214 g/mol. The highest BCUT2D eigenvalue weighted by atomic mass is 16.5. The van der Waals surface area contributed by atoms with Crippen LogP contribution in [0.1, 0.15) is 25.3 Å². The van der Waals surface area contributed by atoms with E-state index < -0.39 is 5.60 Å². The second-order valence-electron chi connectivity index (χ2n) is 4.39. The zero-order valence-corrected chi connectivity index (χ0v) is 10.2. The zero-order valence-electron chi connectivity index (χ0n) is 10.2. The van der Waals surface area contributed by atoms with Gasteiger partial charge in [0.05, 0.1) is 6.61 Å². The summed E-state index contributed by atoms with van der Waals surface area (Å²) in [7, 11) is 0. The molecule has 1 heterocycles. The van der Waals surface area contributed by atoms with E-state index in [1.807, 2.05) is 37.3 Å². The average Bonchev–Trinajstić information content (AvgIpc) is 2.41. The molecule has 0 radical (unpaired) electrons. The molecule has 1 fully saturated rings. The van der Waals surface area contributed by atoms with Crippen molar-refractivity contribution in [2.75, 3.05) is 19.7 Å². The third kappa shape index (κ3) is 2.40. The van der Waals surface area contributed by atoms with Crippen molar-refractivity contribution in [2.45, 2.75) is 25.4 Å². The lowest BCUT2D eigenvalue weighted by atomic mass is 9.86. The van der Waals surface area contributed by atoms with Gasteiger partial charge in [0.2, 0.25) is 0 Å². The number of carbonyl (C=O) groups is 1. The SMILES string of the molecule is CCCC(=O)C1(c2ccccc2)CNCCO1. The van der Waals surface area contributed by atoms with Crippen LogP contribution in [0.25, 0.3) is 0 Å². The van der Waals surface area contributed by atoms with E-state index in [0.29, 0.717) is 19.6 Å². The lowest BCUT2D eigenvalue weighted by Crippen LogP contribution is -2.52. The van der Waals surface area contributed by atoms with Gasteiger partial charge in [0.15, 0.2) is 11.4 Å². The van der Waals surface area contributed by atoms with Crippen LogP contribution in [0.2, 0.25) is 0 Å². The number of benzene rings is 1. The molecule has 1 aromatic rings. The molecule has 3 heteroatoms. The van der Waals surface area contributed by atoms with Crippen LogP contribution in [0.5, 0.6) is 0 Å². The molecule has 17 heavy (non-hydrogen) atoms. The van der Waals surface area contributed by atoms with Crippen LogP contribution < -0.4 is 5.32 Å². The Balaban J connectivity index is 2.33. The number of hydrogen-bond acceptors (Lipinski definition) is 3. The fourth-order valence-electron chi connectivity index (χ4n) is 2.27. The topological polar surface area (TPSA) is 38.3 Å². The Morgan fingerprint density at radius 1 is 1.41 bits per heavy atom. The minimum absolute atomic E-state index is 0.179. The number of nitrogens with one attached hydrogen (secondary N) is 1. The molecule has 1 aliphatic rings. The molecule has 1 unspecified atom stereocenters. The standard InChI is InChI=1S/C14H19NO2/c1-2-6-13(16)14(11-15-9-10-17-14)12-7-4-3-5-8-12/h3-5,7-8,15H,2,6,9-11H2,1H3. The number of carbonyl (C=O) groups excluding carboxylic acids is 1. The number of morpholine rings is 1. The summed E-state index contributed by atoms with van der Waals surface area (Å²) < 4.78 is 5.85. The van der Waals surface area contributed by atoms with Crippen molar-refractivity contribution in [3.05, 3.63) is 35.9 Å². The van der Waals surface area contributed by atoms with Gasteiger partial charge in [-0.3, -0.25) is 4.79 Å². The summed E-state index contributed by atoms with van der Waals surface area (Å²) in [4.78, 5) is 12.4. The molecule has 1 N–H and O–H groups in total. The Kier molecular flexibility index (Phi) is 3.92. The number of hydrogen-bond donors (Lipinski definition) is 1. The Morgan fingerprint density at radius 3 is 2.76 bits per heavy atom. The summed E-state index contributed by atoms with van der Waals surface area (Å²) in [5, 5.41) is 3.27. The molecule has 0 bridgehead atoms. The van der Waals surface area contributed by atoms with E-state index in [0.717, 1.165) is 18.5 Å². The van der Waals surface area contributed by atoms with E-state index >= 15 is 0 Å². The summed E-state index contributed by atoms with van der Waals surface area (Å²) >= 11 is 0. The second kappa shape index (κ2) is 5.43. The van der Waals surface area contributed by atoms with Gasteiger partial charge in [-0.1, -0.05) is 37.3 Å². The van der Waals surface area contributed by atoms with Crippen LogP contribution >= 0.6 is 0 Å². The molecule has 1 saturated heterocycles. The molecule has 3 nitrogen and oxygen atoms in total. The van der Waals surface area contributed by atoms with E-state index in [1.54, 1.807) is 0 Å². The van der Waals surface area contributed by atoms with E-state index in [9.17, 15) is 4.79 Å². The molecule has 1 atom stereocenters. The summed E-state index contributed by atoms with van der Waals surface area (Å²) in [5.74, 6) is 0.179. The Bertz CT molecular complexity index is 369. The zero-order chi connectivity index (χ0) is 12.1. The lowest BCUT2D eigenvalue weighted by Gasteiger charge is -2.36. The Labute approximate surface area is 102 Å². The van der Waals surface area contributed by atoms with Gasteiger partial charge < -0.3 is 10.1 Å². The van der Waals surface area contributed by atoms with E-state index in [-0.39, 0.29) is 5.78 Å². The smallest absolute Gasteiger partial charge is 0.170 e. The van der Waals surface area contributed by atoms with Crippen LogP contribution in [0, 0.1) is 0 Å². The summed E-state index contributed by atoms with van der Waals surface area (Å²) in [5.41, 5.74) is 0.195. The molecule has 0 amide bonds. The van der Waals surface area contributed by atoms with Gasteiger partial charge in [0, 0.05) is 19.5 Å². The highest BCUT2D eigenvalue weighted by Gasteiger charge is 2.41. The molecular formula is C14H19NO2. The Hall–Kier alpha value is -1.19. The monoisotopic (exact) mass is 233 g/mol. The van der Waals surface area contributed by atoms with Gasteiger partial charge in [-0.05, 0) is 12.0 Å². The van der Waals surface area contributed by atoms with Gasteiger partial charge in [0.1, 0.15) is 0 Å². The highest BCUT2D eigenvalue weighted by molar-refractivity contribution is 5.89. The van der Waals surface area contributed by atoms with Gasteiger partial charge in [0.25, 0.3) is 0 Å². The molecule has 0 spiro atoms. The number of Topliss-reactive ketones (excluding diaryl/α,β-unsaturated/α-hetero) is 1. The largest absolute Gasteiger partial charge is 0.360 e. The van der Waals surface area contributed by atoms with Crippen LogP contribution in [-0.2, 0) is 15.1 Å². The third-order valence-corrected chi connectivity index (χ3v) is 3.17. The molecule has 1 aliphatic heterocycles. The maximum Gasteiger partial charge on any atom is 0.170 e. The molecule has 0 saturated carbocycles. The van der Waals surface area contributed by atoms with Crippen molar-refractivity contribution >= 4 is 5.78 Å². The second-order valence-corrected chi connectivity index (χ2v) is 4.39. The normalized spacial score (nSPS) is 24.5. The summed E-state index contributed by atoms with van der Waals surface area (Å²) in [6.45, 7) is 4.00. The number of ether oxygens (including phenoxy) is 1. The average molecular weight is 233 g/mol. The molecule has 92 valence electrons. The Morgan fingerprint density at radius 2 is 2.18 bits per heavy atom. The summed E-state index contributed by atoms with van der Waals surface area (Å²) in [6.07, 6.45) is 1.42. The van der Waals surface area contributed by atoms with Crippen molar-refractivity contribution in [3.8, 4) is 0 Å². The third-order valence-electron chi connectivity index (χ3n) is 3.17. The minimum atomic E-state index is -0.768. The van der Waals surface area contributed by atoms with Gasteiger partial charge in [-0.2, -0.15) is 0 Å². The van der Waals surface area contributed by atoms with E-state index in [1.165, 1.54) is 0 Å². The van der Waals surface area contributed by atoms with Crippen molar-refractivity contribution < 1.29 is 9.53 Å². The van der Waals surface area contributed by atoms with Crippen LogP contribution in [-0.4, -0.2) is 25.5 Å². The maximum atomic E-state index is 12.4. The first-order valence-electron chi connectivity index (χ1n) is 6.23.